The van der Waals surface area contributed by atoms with Crippen molar-refractivity contribution in [2.24, 2.45) is 0 Å². The van der Waals surface area contributed by atoms with E-state index in [2.05, 4.69) is 0 Å². The monoisotopic (exact) mass is 443 g/mol. The lowest BCUT2D eigenvalue weighted by molar-refractivity contribution is 0.0473. The number of aryl methyl sites for hydroxylation is 2. The number of carbonyl (C=O) groups is 1. The molecule has 0 saturated heterocycles. The molecule has 3 rings (SSSR count). The predicted molar refractivity (Wildman–Crippen MR) is 118 cm³/mol. The Kier molecular flexibility index (Phi) is 6.33. The number of sulfonamides is 1. The molecule has 0 aliphatic heterocycles. The highest BCUT2D eigenvalue weighted by Crippen LogP contribution is 2.23. The maximum Gasteiger partial charge on any atom is 0.338 e. The summed E-state index contributed by atoms with van der Waals surface area (Å²) in [5, 5.41) is 0.686. The molecule has 0 atom stereocenters. The quantitative estimate of drug-likeness (QED) is 0.425. The van der Waals surface area contributed by atoms with E-state index in [1.54, 1.807) is 19.9 Å². The number of hydrogen-bond donors (Lipinski definition) is 0. The molecule has 0 aliphatic rings. The average molecular weight is 444 g/mol. The minimum absolute atomic E-state index is 0.00931. The van der Waals surface area contributed by atoms with Crippen molar-refractivity contribution in [1.29, 1.82) is 0 Å². The summed E-state index contributed by atoms with van der Waals surface area (Å²) < 4.78 is 37.3. The Morgan fingerprint density at radius 2 is 1.77 bits per heavy atom. The minimum atomic E-state index is -3.73. The van der Waals surface area contributed by atoms with E-state index < -0.39 is 21.6 Å². The van der Waals surface area contributed by atoms with Crippen LogP contribution in [0.15, 0.2) is 56.6 Å². The Morgan fingerprint density at radius 1 is 1.10 bits per heavy atom. The fourth-order valence-electron chi connectivity index (χ4n) is 3.06. The van der Waals surface area contributed by atoms with Crippen molar-refractivity contribution < 1.29 is 22.4 Å². The van der Waals surface area contributed by atoms with E-state index in [0.717, 1.165) is 11.1 Å². The van der Waals surface area contributed by atoms with Crippen molar-refractivity contribution in [3.05, 3.63) is 75.1 Å². The van der Waals surface area contributed by atoms with Gasteiger partial charge in [-0.25, -0.2) is 18.0 Å². The smallest absolute Gasteiger partial charge is 0.338 e. The third-order valence-electron chi connectivity index (χ3n) is 5.28. The van der Waals surface area contributed by atoms with Crippen LogP contribution in [0, 0.1) is 13.8 Å². The first kappa shape index (κ1) is 22.7. The van der Waals surface area contributed by atoms with E-state index in [0.29, 0.717) is 16.5 Å². The van der Waals surface area contributed by atoms with Gasteiger partial charge >= 0.3 is 11.6 Å². The van der Waals surface area contributed by atoms with Crippen LogP contribution in [-0.2, 0) is 21.4 Å². The number of hydrogen-bond acceptors (Lipinski definition) is 6. The van der Waals surface area contributed by atoms with E-state index >= 15 is 0 Å². The minimum Gasteiger partial charge on any atom is -0.457 e. The summed E-state index contributed by atoms with van der Waals surface area (Å²) in [5.74, 6) is -0.686. The van der Waals surface area contributed by atoms with Crippen molar-refractivity contribution in [3.8, 4) is 0 Å². The van der Waals surface area contributed by atoms with Gasteiger partial charge in [0.2, 0.25) is 10.0 Å². The Balaban J connectivity index is 1.87. The van der Waals surface area contributed by atoms with Crippen molar-refractivity contribution in [1.82, 2.24) is 4.31 Å². The zero-order valence-electron chi connectivity index (χ0n) is 18.1. The van der Waals surface area contributed by atoms with Gasteiger partial charge in [0, 0.05) is 30.1 Å². The summed E-state index contributed by atoms with van der Waals surface area (Å²) in [6.45, 7) is 7.24. The van der Waals surface area contributed by atoms with Gasteiger partial charge in [-0.15, -0.1) is 0 Å². The molecule has 0 amide bonds. The highest BCUT2D eigenvalue weighted by atomic mass is 32.2. The van der Waals surface area contributed by atoms with Gasteiger partial charge in [-0.05, 0) is 69.2 Å². The second-order valence-electron chi connectivity index (χ2n) is 7.74. The van der Waals surface area contributed by atoms with Crippen LogP contribution in [0.5, 0.6) is 0 Å². The molecule has 31 heavy (non-hydrogen) atoms. The van der Waals surface area contributed by atoms with Crippen LogP contribution in [0.2, 0.25) is 0 Å². The molecule has 3 aromatic rings. The van der Waals surface area contributed by atoms with Gasteiger partial charge < -0.3 is 9.15 Å². The van der Waals surface area contributed by atoms with Gasteiger partial charge in [0.15, 0.2) is 0 Å². The largest absolute Gasteiger partial charge is 0.457 e. The summed E-state index contributed by atoms with van der Waals surface area (Å²) in [6, 6.07) is 10.4. The molecule has 1 heterocycles. The Hall–Kier alpha value is -2.97. The van der Waals surface area contributed by atoms with Crippen LogP contribution < -0.4 is 5.63 Å². The van der Waals surface area contributed by atoms with E-state index in [4.69, 9.17) is 9.15 Å². The molecule has 0 fully saturated rings. The number of benzene rings is 2. The van der Waals surface area contributed by atoms with Gasteiger partial charge in [0.1, 0.15) is 12.2 Å². The molecule has 1 aromatic heterocycles. The maximum atomic E-state index is 12.7. The van der Waals surface area contributed by atoms with Crippen LogP contribution in [0.3, 0.4) is 0 Å². The topological polar surface area (TPSA) is 93.9 Å². The molecule has 0 bridgehead atoms. The summed E-state index contributed by atoms with van der Waals surface area (Å²) in [5.41, 5.74) is 2.51. The van der Waals surface area contributed by atoms with Crippen LogP contribution in [0.1, 0.15) is 40.9 Å². The van der Waals surface area contributed by atoms with Crippen molar-refractivity contribution in [2.75, 3.05) is 7.05 Å². The van der Waals surface area contributed by atoms with E-state index in [1.807, 2.05) is 19.9 Å². The number of fused-ring (bicyclic) bond motifs is 1. The number of esters is 1. The molecule has 0 N–H and O–H groups in total. The second kappa shape index (κ2) is 8.64. The standard InChI is InChI=1S/C23H25NO6S/c1-14(2)24(5)31(27,28)19-8-6-7-17(11-19)23(26)29-13-18-12-22(25)30-21-10-16(4)15(3)9-20(18)21/h6-12,14H,13H2,1-5H3. The molecule has 0 unspecified atom stereocenters. The molecule has 0 spiro atoms. The molecular formula is C23H25NO6S. The Labute approximate surface area is 181 Å². The van der Waals surface area contributed by atoms with Crippen molar-refractivity contribution >= 4 is 27.0 Å². The van der Waals surface area contributed by atoms with E-state index in [9.17, 15) is 18.0 Å². The normalized spacial score (nSPS) is 12.0. The first-order valence-corrected chi connectivity index (χ1v) is 11.2. The zero-order chi connectivity index (χ0) is 22.9. The molecule has 0 radical (unpaired) electrons. The molecular weight excluding hydrogens is 418 g/mol. The Bertz CT molecular complexity index is 1310. The summed E-state index contributed by atoms with van der Waals surface area (Å²) in [6.07, 6.45) is 0. The summed E-state index contributed by atoms with van der Waals surface area (Å²) in [7, 11) is -2.25. The number of ether oxygens (including phenoxy) is 1. The lowest BCUT2D eigenvalue weighted by atomic mass is 10.0. The van der Waals surface area contributed by atoms with E-state index in [-0.39, 0.29) is 23.1 Å². The number of nitrogens with zero attached hydrogens (tertiary/aromatic N) is 1. The SMILES string of the molecule is Cc1cc2oc(=O)cc(COC(=O)c3cccc(S(=O)(=O)N(C)C(C)C)c3)c2cc1C. The lowest BCUT2D eigenvalue weighted by Gasteiger charge is -2.21. The molecule has 7 nitrogen and oxygen atoms in total. The van der Waals surface area contributed by atoms with Crippen LogP contribution >= 0.6 is 0 Å². The predicted octanol–water partition coefficient (Wildman–Crippen LogP) is 3.80. The number of rotatable bonds is 6. The van der Waals surface area contributed by atoms with Gasteiger partial charge in [-0.3, -0.25) is 0 Å². The van der Waals surface area contributed by atoms with Gasteiger partial charge in [0.25, 0.3) is 0 Å². The summed E-state index contributed by atoms with van der Waals surface area (Å²) >= 11 is 0. The van der Waals surface area contributed by atoms with Crippen LogP contribution in [0.25, 0.3) is 11.0 Å². The maximum absolute atomic E-state index is 12.7. The van der Waals surface area contributed by atoms with Crippen molar-refractivity contribution in [2.45, 2.75) is 45.2 Å². The zero-order valence-corrected chi connectivity index (χ0v) is 18.9. The highest BCUT2D eigenvalue weighted by Gasteiger charge is 2.24. The number of carbonyl (C=O) groups excluding carboxylic acids is 1. The highest BCUT2D eigenvalue weighted by molar-refractivity contribution is 7.89. The first-order chi connectivity index (χ1) is 14.5. The third-order valence-corrected chi connectivity index (χ3v) is 7.31. The molecule has 2 aromatic carbocycles. The lowest BCUT2D eigenvalue weighted by Crippen LogP contribution is -2.33. The third kappa shape index (κ3) is 4.70. The van der Waals surface area contributed by atoms with Crippen LogP contribution in [-0.4, -0.2) is 31.8 Å². The fourth-order valence-corrected chi connectivity index (χ4v) is 4.47. The Morgan fingerprint density at radius 3 is 2.45 bits per heavy atom. The van der Waals surface area contributed by atoms with Gasteiger partial charge in [-0.1, -0.05) is 6.07 Å². The average Bonchev–Trinajstić information content (AvgIpc) is 2.72. The molecule has 8 heteroatoms. The fraction of sp³-hybridized carbons (Fsp3) is 0.304. The first-order valence-electron chi connectivity index (χ1n) is 9.80. The van der Waals surface area contributed by atoms with Gasteiger partial charge in [-0.2, -0.15) is 4.31 Å². The molecule has 0 saturated carbocycles. The van der Waals surface area contributed by atoms with Gasteiger partial charge in [0.05, 0.1) is 10.5 Å². The summed E-state index contributed by atoms with van der Waals surface area (Å²) in [4.78, 5) is 24.5. The molecule has 0 aliphatic carbocycles. The molecule has 164 valence electrons. The van der Waals surface area contributed by atoms with Crippen molar-refractivity contribution in [3.63, 3.8) is 0 Å². The van der Waals surface area contributed by atoms with E-state index in [1.165, 1.54) is 41.7 Å². The second-order valence-corrected chi connectivity index (χ2v) is 9.74. The van der Waals surface area contributed by atoms with Crippen LogP contribution in [0.4, 0.5) is 0 Å².